The highest BCUT2D eigenvalue weighted by molar-refractivity contribution is 7.19. The Bertz CT molecular complexity index is 1840. The number of hydrogen-bond donors (Lipinski definition) is 0. The molecule has 0 spiro atoms. The first-order valence-corrected chi connectivity index (χ1v) is 12.6. The maximum atomic E-state index is 10.2. The van der Waals surface area contributed by atoms with E-state index in [-0.39, 0.29) is 0 Å². The molecule has 0 unspecified atom stereocenters. The molecule has 2 aromatic heterocycles. The van der Waals surface area contributed by atoms with Crippen LogP contribution in [-0.4, -0.2) is 4.57 Å². The van der Waals surface area contributed by atoms with Crippen LogP contribution in [0.4, 0.5) is 0 Å². The molecule has 0 saturated carbocycles. The van der Waals surface area contributed by atoms with Gasteiger partial charge in [0.25, 0.3) is 0 Å². The average molecular weight is 465 g/mol. The summed E-state index contributed by atoms with van der Waals surface area (Å²) in [5, 5.41) is 13.9. The van der Waals surface area contributed by atoms with Gasteiger partial charge in [-0.2, -0.15) is 5.26 Å². The standard InChI is InChI=1S/C32H20N2S/c33-20-21-18-32-27(25-13-2-1-3-17-31(25)35-32)19-26(21)24-12-6-9-16-30(24)34-28-14-7-4-10-22(28)23-11-5-8-15-29(23)34/h1-16,18-19H,17H2. The predicted molar refractivity (Wildman–Crippen MR) is 148 cm³/mol. The molecule has 35 heavy (non-hydrogen) atoms. The van der Waals surface area contributed by atoms with E-state index in [1.165, 1.54) is 42.3 Å². The minimum Gasteiger partial charge on any atom is -0.309 e. The molecule has 1 aliphatic carbocycles. The van der Waals surface area contributed by atoms with E-state index < -0.39 is 0 Å². The Morgan fingerprint density at radius 3 is 2.23 bits per heavy atom. The zero-order chi connectivity index (χ0) is 23.4. The molecule has 0 N–H and O–H groups in total. The molecule has 3 heteroatoms. The van der Waals surface area contributed by atoms with Crippen LogP contribution < -0.4 is 0 Å². The number of benzene rings is 4. The number of allylic oxidation sites excluding steroid dienone is 3. The van der Waals surface area contributed by atoms with Gasteiger partial charge in [0.2, 0.25) is 0 Å². The summed E-state index contributed by atoms with van der Waals surface area (Å²) in [6.45, 7) is 0. The van der Waals surface area contributed by atoms with E-state index >= 15 is 0 Å². The van der Waals surface area contributed by atoms with Crippen LogP contribution in [0.5, 0.6) is 0 Å². The Morgan fingerprint density at radius 1 is 0.743 bits per heavy atom. The largest absolute Gasteiger partial charge is 0.309 e. The van der Waals surface area contributed by atoms with Gasteiger partial charge in [-0.25, -0.2) is 0 Å². The van der Waals surface area contributed by atoms with Crippen molar-refractivity contribution < 1.29 is 0 Å². The molecule has 2 nitrogen and oxygen atoms in total. The lowest BCUT2D eigenvalue weighted by atomic mass is 9.95. The second-order valence-electron chi connectivity index (χ2n) is 8.82. The molecule has 0 fully saturated rings. The van der Waals surface area contributed by atoms with Crippen molar-refractivity contribution in [1.82, 2.24) is 4.57 Å². The minimum atomic E-state index is 0.710. The third-order valence-corrected chi connectivity index (χ3v) is 8.08. The van der Waals surface area contributed by atoms with E-state index in [1.54, 1.807) is 11.3 Å². The Kier molecular flexibility index (Phi) is 4.48. The smallest absolute Gasteiger partial charge is 0.0998 e. The molecular weight excluding hydrogens is 444 g/mol. The van der Waals surface area contributed by atoms with Crippen molar-refractivity contribution in [2.24, 2.45) is 0 Å². The van der Waals surface area contributed by atoms with Crippen LogP contribution in [0, 0.1) is 11.3 Å². The van der Waals surface area contributed by atoms with Gasteiger partial charge in [-0.05, 0) is 35.9 Å². The predicted octanol–water partition coefficient (Wildman–Crippen LogP) is 8.66. The third-order valence-electron chi connectivity index (χ3n) is 6.89. The van der Waals surface area contributed by atoms with Gasteiger partial charge < -0.3 is 4.57 Å². The van der Waals surface area contributed by atoms with E-state index in [4.69, 9.17) is 0 Å². The number of fused-ring (bicyclic) bond motifs is 6. The number of rotatable bonds is 2. The molecule has 4 aromatic carbocycles. The van der Waals surface area contributed by atoms with E-state index in [2.05, 4.69) is 120 Å². The van der Waals surface area contributed by atoms with Crippen molar-refractivity contribution in [1.29, 1.82) is 5.26 Å². The summed E-state index contributed by atoms with van der Waals surface area (Å²) >= 11 is 1.79. The van der Waals surface area contributed by atoms with Crippen molar-refractivity contribution in [2.75, 3.05) is 0 Å². The molecule has 0 radical (unpaired) electrons. The zero-order valence-corrected chi connectivity index (χ0v) is 19.7. The summed E-state index contributed by atoms with van der Waals surface area (Å²) in [6.07, 6.45) is 9.55. The van der Waals surface area contributed by atoms with Gasteiger partial charge in [-0.3, -0.25) is 0 Å². The van der Waals surface area contributed by atoms with Crippen molar-refractivity contribution >= 4 is 49.3 Å². The molecule has 0 amide bonds. The highest BCUT2D eigenvalue weighted by atomic mass is 32.1. The number of nitriles is 1. The average Bonchev–Trinajstić information content (AvgIpc) is 3.32. The van der Waals surface area contributed by atoms with E-state index in [9.17, 15) is 5.26 Å². The van der Waals surface area contributed by atoms with Crippen molar-refractivity contribution in [3.05, 3.63) is 119 Å². The van der Waals surface area contributed by atoms with Crippen molar-refractivity contribution in [2.45, 2.75) is 6.42 Å². The molecule has 7 rings (SSSR count). The first-order chi connectivity index (χ1) is 17.3. The first kappa shape index (κ1) is 20.0. The molecule has 1 aliphatic rings. The van der Waals surface area contributed by atoms with Gasteiger partial charge in [0, 0.05) is 43.3 Å². The zero-order valence-electron chi connectivity index (χ0n) is 18.9. The fraction of sp³-hybridized carbons (Fsp3) is 0.0312. The molecule has 2 heterocycles. The Labute approximate surface area is 207 Å². The highest BCUT2D eigenvalue weighted by Crippen LogP contribution is 2.41. The number of nitrogens with zero attached hydrogens (tertiary/aromatic N) is 2. The topological polar surface area (TPSA) is 28.7 Å². The van der Waals surface area contributed by atoms with Crippen molar-refractivity contribution in [3.8, 4) is 22.9 Å². The molecule has 0 saturated heterocycles. The number of aromatic nitrogens is 1. The van der Waals surface area contributed by atoms with Crippen LogP contribution in [0.25, 0.3) is 54.8 Å². The van der Waals surface area contributed by atoms with E-state index in [0.717, 1.165) is 23.2 Å². The van der Waals surface area contributed by atoms with Gasteiger partial charge in [0.1, 0.15) is 0 Å². The number of hydrogen-bond acceptors (Lipinski definition) is 2. The lowest BCUT2D eigenvalue weighted by molar-refractivity contribution is 1.18. The Balaban J connectivity index is 1.56. The first-order valence-electron chi connectivity index (χ1n) is 11.7. The van der Waals surface area contributed by atoms with Crippen LogP contribution in [0.1, 0.15) is 16.0 Å². The summed E-state index contributed by atoms with van der Waals surface area (Å²) < 4.78 is 3.51. The van der Waals surface area contributed by atoms with Gasteiger partial charge >= 0.3 is 0 Å². The lowest BCUT2D eigenvalue weighted by Gasteiger charge is -2.15. The Morgan fingerprint density at radius 2 is 1.46 bits per heavy atom. The summed E-state index contributed by atoms with van der Waals surface area (Å²) in [5.41, 5.74) is 7.44. The van der Waals surface area contributed by atoms with Crippen LogP contribution in [0.3, 0.4) is 0 Å². The lowest BCUT2D eigenvalue weighted by Crippen LogP contribution is -1.98. The van der Waals surface area contributed by atoms with E-state index in [1.807, 2.05) is 0 Å². The summed E-state index contributed by atoms with van der Waals surface area (Å²) in [7, 11) is 0. The van der Waals surface area contributed by atoms with Crippen LogP contribution in [-0.2, 0) is 6.42 Å². The molecule has 6 aromatic rings. The van der Waals surface area contributed by atoms with Crippen LogP contribution >= 0.6 is 11.3 Å². The monoisotopic (exact) mass is 464 g/mol. The third kappa shape index (κ3) is 3.01. The fourth-order valence-electron chi connectivity index (χ4n) is 5.35. The summed E-state index contributed by atoms with van der Waals surface area (Å²) in [6, 6.07) is 32.3. The van der Waals surface area contributed by atoms with Crippen LogP contribution in [0.15, 0.2) is 103 Å². The summed E-state index contributed by atoms with van der Waals surface area (Å²) in [5.74, 6) is 0. The maximum Gasteiger partial charge on any atom is 0.0998 e. The molecule has 0 bridgehead atoms. The Hall–Kier alpha value is -4.39. The number of thiophene rings is 1. The van der Waals surface area contributed by atoms with Crippen molar-refractivity contribution in [3.63, 3.8) is 0 Å². The SMILES string of the molecule is N#Cc1cc2sc3c(c2cc1-c1ccccc1-n1c2ccccc2c2ccccc21)C=CC=CC3. The molecule has 0 atom stereocenters. The minimum absolute atomic E-state index is 0.710. The van der Waals surface area contributed by atoms with Gasteiger partial charge in [-0.15, -0.1) is 11.3 Å². The number of para-hydroxylation sites is 3. The van der Waals surface area contributed by atoms with Gasteiger partial charge in [0.05, 0.1) is 28.4 Å². The van der Waals surface area contributed by atoms with Crippen LogP contribution in [0.2, 0.25) is 0 Å². The van der Waals surface area contributed by atoms with E-state index in [0.29, 0.717) is 5.56 Å². The molecule has 164 valence electrons. The highest BCUT2D eigenvalue weighted by Gasteiger charge is 2.19. The maximum absolute atomic E-state index is 10.2. The normalized spacial score (nSPS) is 12.8. The summed E-state index contributed by atoms with van der Waals surface area (Å²) in [4.78, 5) is 1.35. The van der Waals surface area contributed by atoms with Gasteiger partial charge in [0.15, 0.2) is 0 Å². The second-order valence-corrected chi connectivity index (χ2v) is 9.96. The fourth-order valence-corrected chi connectivity index (χ4v) is 6.53. The second kappa shape index (κ2) is 7.84. The molecule has 0 aliphatic heterocycles. The van der Waals surface area contributed by atoms with Gasteiger partial charge in [-0.1, -0.05) is 78.9 Å². The molecular formula is C32H20N2S. The quantitative estimate of drug-likeness (QED) is 0.252.